The SMILES string of the molecule is CC(C)(C)c1cc(C(C)(C)c2ccc(O)c(C(C)(C)C)c2)ccc1O.CCCCCCCCCc1ccc(OP(O)Oc2ccc(CCCCCCCCC)cc2)cc1. The van der Waals surface area contributed by atoms with E-state index in [1.807, 2.05) is 36.4 Å². The molecule has 0 unspecified atom stereocenters. The second-order valence-electron chi connectivity index (χ2n) is 19.0. The second kappa shape index (κ2) is 24.7. The molecule has 0 aliphatic rings. The van der Waals surface area contributed by atoms with Gasteiger partial charge >= 0.3 is 8.60 Å². The minimum absolute atomic E-state index is 0.123. The third-order valence-electron chi connectivity index (χ3n) is 11.4. The molecule has 0 fully saturated rings. The molecule has 3 N–H and O–H groups in total. The molecule has 59 heavy (non-hydrogen) atoms. The van der Waals surface area contributed by atoms with Crippen LogP contribution >= 0.6 is 8.60 Å². The molecule has 0 amide bonds. The molecule has 0 aliphatic carbocycles. The summed E-state index contributed by atoms with van der Waals surface area (Å²) >= 11 is 0. The second-order valence-corrected chi connectivity index (χ2v) is 19.9. The Bertz CT molecular complexity index is 1640. The summed E-state index contributed by atoms with van der Waals surface area (Å²) in [4.78, 5) is 10.2. The smallest absolute Gasteiger partial charge is 0.460 e. The van der Waals surface area contributed by atoms with Gasteiger partial charge in [0.2, 0.25) is 0 Å². The fourth-order valence-electron chi connectivity index (χ4n) is 7.42. The molecule has 326 valence electrons. The van der Waals surface area contributed by atoms with Crippen LogP contribution in [0.1, 0.15) is 193 Å². The molecule has 0 bridgehead atoms. The van der Waals surface area contributed by atoms with Crippen LogP contribution in [0.2, 0.25) is 0 Å². The maximum atomic E-state index is 10.3. The molecular formula is C53H79O5P. The number of rotatable bonds is 22. The molecule has 0 heterocycles. The van der Waals surface area contributed by atoms with Crippen molar-refractivity contribution in [1.29, 1.82) is 0 Å². The molecule has 0 saturated carbocycles. The van der Waals surface area contributed by atoms with Crippen molar-refractivity contribution in [2.24, 2.45) is 0 Å². The summed E-state index contributed by atoms with van der Waals surface area (Å²) in [6.07, 6.45) is 20.8. The summed E-state index contributed by atoms with van der Waals surface area (Å²) in [6.45, 7) is 21.5. The number of hydrogen-bond acceptors (Lipinski definition) is 5. The van der Waals surface area contributed by atoms with Gasteiger partial charge in [-0.05, 0) is 106 Å². The average Bonchev–Trinajstić information content (AvgIpc) is 3.18. The molecule has 6 heteroatoms. The molecule has 5 nitrogen and oxygen atoms in total. The van der Waals surface area contributed by atoms with E-state index in [2.05, 4.69) is 106 Å². The number of aryl methyl sites for hydroxylation is 2. The molecule has 0 radical (unpaired) electrons. The fraction of sp³-hybridized carbons (Fsp3) is 0.547. The maximum Gasteiger partial charge on any atom is 0.460 e. The Kier molecular flexibility index (Phi) is 20.8. The highest BCUT2D eigenvalue weighted by Crippen LogP contribution is 2.41. The molecule has 4 aromatic carbocycles. The summed E-state index contributed by atoms with van der Waals surface area (Å²) in [5.74, 6) is 1.97. The number of phenolic OH excluding ortho intramolecular Hbond substituents is 2. The van der Waals surface area contributed by atoms with Crippen LogP contribution in [0.3, 0.4) is 0 Å². The molecule has 4 rings (SSSR count). The van der Waals surface area contributed by atoms with Crippen LogP contribution in [0.5, 0.6) is 23.0 Å². The summed E-state index contributed by atoms with van der Waals surface area (Å²) < 4.78 is 11.2. The minimum atomic E-state index is -1.99. The third kappa shape index (κ3) is 17.5. The van der Waals surface area contributed by atoms with Crippen molar-refractivity contribution in [3.63, 3.8) is 0 Å². The number of hydrogen-bond donors (Lipinski definition) is 3. The van der Waals surface area contributed by atoms with Gasteiger partial charge in [-0.2, -0.15) is 0 Å². The summed E-state index contributed by atoms with van der Waals surface area (Å²) in [5.41, 5.74) is 6.37. The van der Waals surface area contributed by atoms with Gasteiger partial charge < -0.3 is 24.2 Å². The van der Waals surface area contributed by atoms with Gasteiger partial charge in [0.1, 0.15) is 23.0 Å². The summed E-state index contributed by atoms with van der Waals surface area (Å²) in [6, 6.07) is 27.9. The summed E-state index contributed by atoms with van der Waals surface area (Å²) in [7, 11) is -1.99. The van der Waals surface area contributed by atoms with Crippen molar-refractivity contribution >= 4 is 8.60 Å². The molecule has 0 spiro atoms. The highest BCUT2D eigenvalue weighted by Gasteiger charge is 2.29. The van der Waals surface area contributed by atoms with Crippen molar-refractivity contribution in [1.82, 2.24) is 0 Å². The minimum Gasteiger partial charge on any atom is -0.508 e. The Labute approximate surface area is 361 Å². The van der Waals surface area contributed by atoms with Crippen LogP contribution in [-0.4, -0.2) is 15.1 Å². The fourth-order valence-corrected chi connectivity index (χ4v) is 8.06. The van der Waals surface area contributed by atoms with Gasteiger partial charge in [0.15, 0.2) is 0 Å². The van der Waals surface area contributed by atoms with Gasteiger partial charge in [-0.15, -0.1) is 0 Å². The lowest BCUT2D eigenvalue weighted by atomic mass is 9.73. The first kappa shape index (κ1) is 49.8. The van der Waals surface area contributed by atoms with Crippen LogP contribution < -0.4 is 9.05 Å². The zero-order chi connectivity index (χ0) is 43.5. The predicted molar refractivity (Wildman–Crippen MR) is 252 cm³/mol. The molecule has 0 aliphatic heterocycles. The van der Waals surface area contributed by atoms with Crippen molar-refractivity contribution in [2.75, 3.05) is 0 Å². The quantitative estimate of drug-likeness (QED) is 0.0543. The van der Waals surface area contributed by atoms with Gasteiger partial charge in [-0.3, -0.25) is 0 Å². The lowest BCUT2D eigenvalue weighted by molar-refractivity contribution is 0.381. The first-order chi connectivity index (χ1) is 27.9. The topological polar surface area (TPSA) is 79.2 Å². The van der Waals surface area contributed by atoms with Crippen LogP contribution in [-0.2, 0) is 29.1 Å². The van der Waals surface area contributed by atoms with E-state index in [1.54, 1.807) is 12.1 Å². The Morgan fingerprint density at radius 3 is 1.08 bits per heavy atom. The first-order valence-electron chi connectivity index (χ1n) is 22.7. The van der Waals surface area contributed by atoms with E-state index in [0.29, 0.717) is 23.0 Å². The normalized spacial score (nSPS) is 12.0. The lowest BCUT2D eigenvalue weighted by Gasteiger charge is -2.31. The standard InChI is InChI=1S/C30H47O3P.C23H32O2/c1-3-5-7-9-11-13-15-17-27-19-23-29(24-20-27)32-34(31)33-30-25-21-28(22-26-30)18-16-14-12-10-8-6-4-2;1-21(2,3)17-13-15(9-11-19(17)24)23(7,8)16-10-12-20(25)18(14-16)22(4,5)6/h19-26,31H,3-18H2,1-2H3;9-14,24-25H,1-8H3. The number of unbranched alkanes of at least 4 members (excludes halogenated alkanes) is 12. The highest BCUT2D eigenvalue weighted by molar-refractivity contribution is 7.41. The Morgan fingerprint density at radius 2 is 0.763 bits per heavy atom. The van der Waals surface area contributed by atoms with Crippen LogP contribution in [0.15, 0.2) is 84.9 Å². The van der Waals surface area contributed by atoms with Crippen LogP contribution in [0, 0.1) is 0 Å². The first-order valence-corrected chi connectivity index (χ1v) is 23.8. The van der Waals surface area contributed by atoms with E-state index < -0.39 is 8.60 Å². The monoisotopic (exact) mass is 827 g/mol. The van der Waals surface area contributed by atoms with Gasteiger partial charge in [-0.25, -0.2) is 0 Å². The Morgan fingerprint density at radius 1 is 0.441 bits per heavy atom. The van der Waals surface area contributed by atoms with E-state index in [-0.39, 0.29) is 16.2 Å². The van der Waals surface area contributed by atoms with E-state index >= 15 is 0 Å². The van der Waals surface area contributed by atoms with Crippen LogP contribution in [0.25, 0.3) is 0 Å². The molecule has 0 saturated heterocycles. The van der Waals surface area contributed by atoms with E-state index in [9.17, 15) is 15.1 Å². The van der Waals surface area contributed by atoms with E-state index in [1.165, 1.54) is 101 Å². The number of benzene rings is 4. The zero-order valence-electron chi connectivity index (χ0n) is 38.5. The van der Waals surface area contributed by atoms with Crippen molar-refractivity contribution in [3.05, 3.63) is 118 Å². The molecule has 4 aromatic rings. The predicted octanol–water partition coefficient (Wildman–Crippen LogP) is 16.0. The van der Waals surface area contributed by atoms with Crippen molar-refractivity contribution < 1.29 is 24.2 Å². The van der Waals surface area contributed by atoms with Crippen molar-refractivity contribution in [3.8, 4) is 23.0 Å². The van der Waals surface area contributed by atoms with Gasteiger partial charge in [0.25, 0.3) is 0 Å². The maximum absolute atomic E-state index is 10.3. The highest BCUT2D eigenvalue weighted by atomic mass is 31.2. The van der Waals surface area contributed by atoms with Crippen molar-refractivity contribution in [2.45, 2.75) is 188 Å². The molecule has 0 aromatic heterocycles. The van der Waals surface area contributed by atoms with Crippen LogP contribution in [0.4, 0.5) is 0 Å². The Hall–Kier alpha value is -3.53. The number of aromatic hydroxyl groups is 2. The lowest BCUT2D eigenvalue weighted by Crippen LogP contribution is -2.22. The largest absolute Gasteiger partial charge is 0.508 e. The Balaban J connectivity index is 0.000000330. The molecule has 0 atom stereocenters. The zero-order valence-corrected chi connectivity index (χ0v) is 39.4. The van der Waals surface area contributed by atoms with Gasteiger partial charge in [0.05, 0.1) is 0 Å². The van der Waals surface area contributed by atoms with E-state index in [0.717, 1.165) is 35.1 Å². The average molecular weight is 827 g/mol. The molecular weight excluding hydrogens is 748 g/mol. The van der Waals surface area contributed by atoms with Gasteiger partial charge in [0, 0.05) is 5.41 Å². The number of phenols is 2. The third-order valence-corrected chi connectivity index (χ3v) is 12.1. The summed E-state index contributed by atoms with van der Waals surface area (Å²) in [5, 5.41) is 20.5. The van der Waals surface area contributed by atoms with Gasteiger partial charge in [-0.1, -0.05) is 195 Å². The van der Waals surface area contributed by atoms with E-state index in [4.69, 9.17) is 9.05 Å².